The second-order valence-electron chi connectivity index (χ2n) is 5.81. The number of halogens is 1. The van der Waals surface area contributed by atoms with Crippen LogP contribution in [0, 0.1) is 0 Å². The number of hydrogen-bond acceptors (Lipinski definition) is 6. The Kier molecular flexibility index (Phi) is 6.60. The molecule has 0 atom stereocenters. The van der Waals surface area contributed by atoms with Gasteiger partial charge in [-0.15, -0.1) is 0 Å². The van der Waals surface area contributed by atoms with Crippen LogP contribution in [0.25, 0.3) is 0 Å². The van der Waals surface area contributed by atoms with Gasteiger partial charge in [-0.2, -0.15) is 11.8 Å². The number of nitrogens with zero attached hydrogens (tertiary/aromatic N) is 1. The lowest BCUT2D eigenvalue weighted by molar-refractivity contribution is -0.118. The molecular formula is C18H19ClN2O4S. The predicted octanol–water partition coefficient (Wildman–Crippen LogP) is 2.86. The molecule has 1 N–H and O–H groups in total. The van der Waals surface area contributed by atoms with Gasteiger partial charge >= 0.3 is 0 Å². The Morgan fingerprint density at radius 2 is 2.00 bits per heavy atom. The van der Waals surface area contributed by atoms with Gasteiger partial charge in [0.25, 0.3) is 5.91 Å². The number of hydrogen-bond donors (Lipinski definition) is 1. The number of anilines is 1. The molecule has 2 aromatic rings. The second kappa shape index (κ2) is 9.12. The number of ether oxygens (including phenoxy) is 1. The third-order valence-electron chi connectivity index (χ3n) is 3.82. The molecule has 0 bridgehead atoms. The summed E-state index contributed by atoms with van der Waals surface area (Å²) in [6.45, 7) is 2.29. The average Bonchev–Trinajstić information content (AvgIpc) is 2.64. The SMILES string of the molecule is O=C(COc1coc(CN2CCSCC2)cc1=O)Nc1ccc(Cl)cc1. The molecule has 1 fully saturated rings. The van der Waals surface area contributed by atoms with Gasteiger partial charge in [-0.05, 0) is 24.3 Å². The van der Waals surface area contributed by atoms with Crippen molar-refractivity contribution in [1.82, 2.24) is 4.90 Å². The van der Waals surface area contributed by atoms with Crippen molar-refractivity contribution in [3.8, 4) is 5.75 Å². The Morgan fingerprint density at radius 1 is 1.27 bits per heavy atom. The normalized spacial score (nSPS) is 14.8. The standard InChI is InChI=1S/C18H19ClN2O4S/c19-13-1-3-14(4-2-13)20-18(23)12-25-17-11-24-15(9-16(17)22)10-21-5-7-26-8-6-21/h1-4,9,11H,5-8,10,12H2,(H,20,23). The Morgan fingerprint density at radius 3 is 2.69 bits per heavy atom. The van der Waals surface area contributed by atoms with E-state index in [4.69, 9.17) is 20.8 Å². The van der Waals surface area contributed by atoms with Crippen LogP contribution in [-0.2, 0) is 11.3 Å². The van der Waals surface area contributed by atoms with E-state index in [1.807, 2.05) is 11.8 Å². The Bertz CT molecular complexity index is 804. The molecule has 0 unspecified atom stereocenters. The maximum atomic E-state index is 12.1. The van der Waals surface area contributed by atoms with Gasteiger partial charge in [0.15, 0.2) is 6.61 Å². The van der Waals surface area contributed by atoms with E-state index in [-0.39, 0.29) is 23.7 Å². The van der Waals surface area contributed by atoms with E-state index < -0.39 is 0 Å². The number of carbonyl (C=O) groups is 1. The molecule has 0 saturated carbocycles. The van der Waals surface area contributed by atoms with Gasteiger partial charge < -0.3 is 14.5 Å². The lowest BCUT2D eigenvalue weighted by Gasteiger charge is -2.25. The summed E-state index contributed by atoms with van der Waals surface area (Å²) in [7, 11) is 0. The molecule has 1 amide bonds. The molecule has 138 valence electrons. The van der Waals surface area contributed by atoms with Crippen LogP contribution < -0.4 is 15.5 Å². The van der Waals surface area contributed by atoms with Crippen molar-refractivity contribution in [2.45, 2.75) is 6.54 Å². The van der Waals surface area contributed by atoms with Gasteiger partial charge in [-0.1, -0.05) is 11.6 Å². The number of thioether (sulfide) groups is 1. The van der Waals surface area contributed by atoms with Crippen molar-refractivity contribution in [1.29, 1.82) is 0 Å². The summed E-state index contributed by atoms with van der Waals surface area (Å²) in [5, 5.41) is 3.24. The van der Waals surface area contributed by atoms with Crippen LogP contribution in [-0.4, -0.2) is 42.0 Å². The first kappa shape index (κ1) is 18.8. The first-order valence-electron chi connectivity index (χ1n) is 8.20. The van der Waals surface area contributed by atoms with Crippen molar-refractivity contribution in [2.24, 2.45) is 0 Å². The minimum atomic E-state index is -0.374. The largest absolute Gasteiger partial charge is 0.477 e. The summed E-state index contributed by atoms with van der Waals surface area (Å²) in [4.78, 5) is 26.3. The maximum Gasteiger partial charge on any atom is 0.262 e. The van der Waals surface area contributed by atoms with Crippen molar-refractivity contribution in [2.75, 3.05) is 36.5 Å². The molecule has 0 radical (unpaired) electrons. The highest BCUT2D eigenvalue weighted by molar-refractivity contribution is 7.99. The molecule has 1 aliphatic heterocycles. The van der Waals surface area contributed by atoms with Crippen LogP contribution in [0.4, 0.5) is 5.69 Å². The molecule has 0 aliphatic carbocycles. The van der Waals surface area contributed by atoms with Gasteiger partial charge in [-0.3, -0.25) is 14.5 Å². The number of benzene rings is 1. The molecule has 1 saturated heterocycles. The molecule has 1 aromatic heterocycles. The fourth-order valence-corrected chi connectivity index (χ4v) is 3.58. The molecular weight excluding hydrogens is 376 g/mol. The number of nitrogens with one attached hydrogen (secondary N) is 1. The van der Waals surface area contributed by atoms with Gasteiger partial charge in [0.05, 0.1) is 6.54 Å². The minimum Gasteiger partial charge on any atom is -0.477 e. The lowest BCUT2D eigenvalue weighted by atomic mass is 10.3. The van der Waals surface area contributed by atoms with Crippen molar-refractivity contribution >= 4 is 35.0 Å². The Balaban J connectivity index is 1.52. The first-order valence-corrected chi connectivity index (χ1v) is 9.73. The zero-order valence-electron chi connectivity index (χ0n) is 14.1. The number of carbonyl (C=O) groups excluding carboxylic acids is 1. The lowest BCUT2D eigenvalue weighted by Crippen LogP contribution is -2.32. The van der Waals surface area contributed by atoms with Crippen LogP contribution in [0.5, 0.6) is 5.75 Å². The summed E-state index contributed by atoms with van der Waals surface area (Å²) >= 11 is 7.72. The maximum absolute atomic E-state index is 12.1. The van der Waals surface area contributed by atoms with Crippen LogP contribution in [0.1, 0.15) is 5.76 Å². The van der Waals surface area contributed by atoms with Crippen LogP contribution in [0.3, 0.4) is 0 Å². The van der Waals surface area contributed by atoms with Gasteiger partial charge in [0, 0.05) is 41.4 Å². The van der Waals surface area contributed by atoms with Crippen molar-refractivity contribution in [3.63, 3.8) is 0 Å². The second-order valence-corrected chi connectivity index (χ2v) is 7.47. The van der Waals surface area contributed by atoms with E-state index in [1.165, 1.54) is 12.3 Å². The smallest absolute Gasteiger partial charge is 0.262 e. The Labute approximate surface area is 160 Å². The highest BCUT2D eigenvalue weighted by atomic mass is 35.5. The summed E-state index contributed by atoms with van der Waals surface area (Å²) in [5.41, 5.74) is 0.307. The van der Waals surface area contributed by atoms with E-state index in [0.29, 0.717) is 23.0 Å². The minimum absolute atomic E-state index is 0.0224. The third-order valence-corrected chi connectivity index (χ3v) is 5.02. The number of amides is 1. The molecule has 3 rings (SSSR count). The fourth-order valence-electron chi connectivity index (χ4n) is 2.48. The number of rotatable bonds is 6. The zero-order chi connectivity index (χ0) is 18.4. The van der Waals surface area contributed by atoms with E-state index in [1.54, 1.807) is 24.3 Å². The van der Waals surface area contributed by atoms with Crippen LogP contribution >= 0.6 is 23.4 Å². The highest BCUT2D eigenvalue weighted by Crippen LogP contribution is 2.15. The Hall–Kier alpha value is -1.96. The topological polar surface area (TPSA) is 71.8 Å². The van der Waals surface area contributed by atoms with E-state index in [2.05, 4.69) is 10.2 Å². The van der Waals surface area contributed by atoms with Crippen molar-refractivity contribution < 1.29 is 13.9 Å². The average molecular weight is 395 g/mol. The van der Waals surface area contributed by atoms with E-state index in [0.717, 1.165) is 24.6 Å². The monoisotopic (exact) mass is 394 g/mol. The van der Waals surface area contributed by atoms with E-state index >= 15 is 0 Å². The third kappa shape index (κ3) is 5.52. The molecule has 2 heterocycles. The fraction of sp³-hybridized carbons (Fsp3) is 0.333. The highest BCUT2D eigenvalue weighted by Gasteiger charge is 2.14. The molecule has 1 aromatic carbocycles. The van der Waals surface area contributed by atoms with Gasteiger partial charge in [0.2, 0.25) is 11.2 Å². The van der Waals surface area contributed by atoms with Gasteiger partial charge in [0.1, 0.15) is 12.0 Å². The van der Waals surface area contributed by atoms with Crippen LogP contribution in [0.2, 0.25) is 5.02 Å². The summed E-state index contributed by atoms with van der Waals surface area (Å²) in [5.74, 6) is 2.43. The first-order chi connectivity index (χ1) is 12.6. The molecule has 26 heavy (non-hydrogen) atoms. The molecule has 6 nitrogen and oxygen atoms in total. The van der Waals surface area contributed by atoms with E-state index in [9.17, 15) is 9.59 Å². The molecule has 0 spiro atoms. The summed E-state index contributed by atoms with van der Waals surface area (Å²) in [6.07, 6.45) is 1.27. The zero-order valence-corrected chi connectivity index (χ0v) is 15.6. The molecule has 8 heteroatoms. The quantitative estimate of drug-likeness (QED) is 0.812. The predicted molar refractivity (Wildman–Crippen MR) is 103 cm³/mol. The summed E-state index contributed by atoms with van der Waals surface area (Å²) in [6, 6.07) is 8.14. The van der Waals surface area contributed by atoms with Crippen LogP contribution in [0.15, 0.2) is 45.8 Å². The summed E-state index contributed by atoms with van der Waals surface area (Å²) < 4.78 is 10.8. The molecule has 1 aliphatic rings. The van der Waals surface area contributed by atoms with Gasteiger partial charge in [-0.25, -0.2) is 0 Å². The van der Waals surface area contributed by atoms with Crippen molar-refractivity contribution in [3.05, 3.63) is 57.6 Å².